The molecule has 0 aliphatic carbocycles. The quantitative estimate of drug-likeness (QED) is 0.251. The number of hydrogen-bond acceptors (Lipinski definition) is 4. The van der Waals surface area contributed by atoms with Crippen molar-refractivity contribution in [2.45, 2.75) is 18.8 Å². The zero-order chi connectivity index (χ0) is 26.4. The maximum atomic E-state index is 14.8. The molecule has 0 unspecified atom stereocenters. The lowest BCUT2D eigenvalue weighted by atomic mass is 9.92. The van der Waals surface area contributed by atoms with Crippen LogP contribution in [0.3, 0.4) is 0 Å². The second-order valence-electron chi connectivity index (χ2n) is 9.06. The third kappa shape index (κ3) is 4.23. The van der Waals surface area contributed by atoms with Crippen LogP contribution in [0.5, 0.6) is 17.2 Å². The monoisotopic (exact) mass is 519 g/mol. The van der Waals surface area contributed by atoms with Crippen molar-refractivity contribution in [3.05, 3.63) is 95.2 Å². The van der Waals surface area contributed by atoms with Crippen LogP contribution in [-0.2, 0) is 17.6 Å². The smallest absolute Gasteiger partial charge is 0.307 e. The number of rotatable bonds is 6. The van der Waals surface area contributed by atoms with Gasteiger partial charge in [-0.15, -0.1) is 0 Å². The summed E-state index contributed by atoms with van der Waals surface area (Å²) in [4.78, 5) is 21.3. The lowest BCUT2D eigenvalue weighted by molar-refractivity contribution is -0.136. The van der Waals surface area contributed by atoms with Gasteiger partial charge >= 0.3 is 5.97 Å². The summed E-state index contributed by atoms with van der Waals surface area (Å²) in [5.41, 5.74) is 2.55. The molecule has 10 heteroatoms. The maximum Gasteiger partial charge on any atom is 0.307 e. The zero-order valence-electron chi connectivity index (χ0n) is 19.7. The Kier molecular flexibility index (Phi) is 5.79. The predicted octanol–water partition coefficient (Wildman–Crippen LogP) is 6.11. The molecule has 2 aromatic heterocycles. The second kappa shape index (κ2) is 9.29. The Balaban J connectivity index is 1.26. The molecule has 0 amide bonds. The number of carbonyl (C=O) groups is 1. The van der Waals surface area contributed by atoms with Gasteiger partial charge in [-0.2, -0.15) is 0 Å². The average Bonchev–Trinajstić information content (AvgIpc) is 3.57. The zero-order valence-corrected chi connectivity index (χ0v) is 19.7. The predicted molar refractivity (Wildman–Crippen MR) is 132 cm³/mol. The highest BCUT2D eigenvalue weighted by Gasteiger charge is 2.26. The molecule has 3 aromatic carbocycles. The highest BCUT2D eigenvalue weighted by atomic mass is 19.1. The number of aromatic nitrogens is 3. The standard InChI is InChI=1S/C28H20F3N3O4/c29-20-5-4-17(38-27-21(30)11-22-18(25(27)31)6-7-32-22)10-19(20)28-33-12-23(34-28)16-8-14-2-1-3-15(9-24(35)36)26(14)37-13-16/h1-7,10-12,16,32H,8-9,13H2,(H,33,34)(H,35,36)/t16-/m0/s1. The van der Waals surface area contributed by atoms with Crippen molar-refractivity contribution in [2.24, 2.45) is 0 Å². The highest BCUT2D eigenvalue weighted by molar-refractivity contribution is 5.82. The molecule has 38 heavy (non-hydrogen) atoms. The topological polar surface area (TPSA) is 100 Å². The van der Waals surface area contributed by atoms with Crippen LogP contribution in [-0.4, -0.2) is 32.6 Å². The number of benzene rings is 3. The van der Waals surface area contributed by atoms with E-state index in [4.69, 9.17) is 14.6 Å². The number of para-hydroxylation sites is 1. The molecule has 0 saturated carbocycles. The van der Waals surface area contributed by atoms with Crippen molar-refractivity contribution in [1.82, 2.24) is 15.0 Å². The fourth-order valence-electron chi connectivity index (χ4n) is 4.75. The molecule has 1 aliphatic rings. The van der Waals surface area contributed by atoms with Crippen LogP contribution in [0.15, 0.2) is 60.9 Å². The number of carboxylic acid groups (broad SMARTS) is 1. The fraction of sp³-hybridized carbons (Fsp3) is 0.143. The molecule has 0 saturated heterocycles. The number of hydrogen-bond donors (Lipinski definition) is 3. The number of aromatic amines is 2. The first-order valence-corrected chi connectivity index (χ1v) is 11.8. The summed E-state index contributed by atoms with van der Waals surface area (Å²) in [6, 6.07) is 11.8. The van der Waals surface area contributed by atoms with Gasteiger partial charge in [-0.3, -0.25) is 4.79 Å². The number of fused-ring (bicyclic) bond motifs is 2. The number of nitrogens with one attached hydrogen (secondary N) is 2. The van der Waals surface area contributed by atoms with Crippen LogP contribution in [0.2, 0.25) is 0 Å². The number of halogens is 3. The van der Waals surface area contributed by atoms with Gasteiger partial charge in [0.25, 0.3) is 0 Å². The number of nitrogens with zero attached hydrogens (tertiary/aromatic N) is 1. The molecular formula is C28H20F3N3O4. The van der Waals surface area contributed by atoms with Crippen molar-refractivity contribution in [3.63, 3.8) is 0 Å². The Hall–Kier alpha value is -4.73. The van der Waals surface area contributed by atoms with Gasteiger partial charge in [0, 0.05) is 41.0 Å². The Morgan fingerprint density at radius 2 is 2.00 bits per heavy atom. The van der Waals surface area contributed by atoms with Crippen LogP contribution in [0.25, 0.3) is 22.3 Å². The van der Waals surface area contributed by atoms with E-state index in [1.54, 1.807) is 18.3 Å². The van der Waals surface area contributed by atoms with Crippen LogP contribution in [0, 0.1) is 17.5 Å². The highest BCUT2D eigenvalue weighted by Crippen LogP contribution is 2.37. The van der Waals surface area contributed by atoms with Gasteiger partial charge in [0.1, 0.15) is 23.1 Å². The van der Waals surface area contributed by atoms with Crippen molar-refractivity contribution < 1.29 is 32.5 Å². The minimum atomic E-state index is -0.939. The summed E-state index contributed by atoms with van der Waals surface area (Å²) in [7, 11) is 0. The fourth-order valence-corrected chi connectivity index (χ4v) is 4.75. The summed E-state index contributed by atoms with van der Waals surface area (Å²) >= 11 is 0. The SMILES string of the molecule is O=C(O)Cc1cccc2c1OC[C@@H](c1cnc(-c3cc(Oc4c(F)cc5[nH]ccc5c4F)ccc3F)[nH]1)C2. The van der Waals surface area contributed by atoms with Gasteiger partial charge in [-0.05, 0) is 36.2 Å². The third-order valence-electron chi connectivity index (χ3n) is 6.57. The molecule has 0 bridgehead atoms. The molecule has 0 spiro atoms. The lowest BCUT2D eigenvalue weighted by Crippen LogP contribution is -2.21. The molecule has 3 heterocycles. The van der Waals surface area contributed by atoms with Crippen molar-refractivity contribution >= 4 is 16.9 Å². The lowest BCUT2D eigenvalue weighted by Gasteiger charge is -2.26. The first kappa shape index (κ1) is 23.7. The first-order valence-electron chi connectivity index (χ1n) is 11.8. The summed E-state index contributed by atoms with van der Waals surface area (Å²) < 4.78 is 55.6. The molecule has 7 nitrogen and oxygen atoms in total. The first-order chi connectivity index (χ1) is 18.4. The van der Waals surface area contributed by atoms with Crippen LogP contribution in [0.1, 0.15) is 22.7 Å². The van der Waals surface area contributed by atoms with E-state index in [0.29, 0.717) is 28.9 Å². The van der Waals surface area contributed by atoms with E-state index in [-0.39, 0.29) is 41.5 Å². The number of ether oxygens (including phenoxy) is 2. The van der Waals surface area contributed by atoms with Crippen LogP contribution in [0.4, 0.5) is 13.2 Å². The van der Waals surface area contributed by atoms with E-state index >= 15 is 0 Å². The normalized spacial score (nSPS) is 14.8. The number of aliphatic carboxylic acids is 1. The maximum absolute atomic E-state index is 14.8. The molecule has 3 N–H and O–H groups in total. The van der Waals surface area contributed by atoms with Gasteiger partial charge < -0.3 is 24.5 Å². The molecule has 6 rings (SSSR count). The van der Waals surface area contributed by atoms with Gasteiger partial charge in [0.15, 0.2) is 17.4 Å². The Morgan fingerprint density at radius 1 is 1.13 bits per heavy atom. The van der Waals surface area contributed by atoms with E-state index in [9.17, 15) is 18.0 Å². The number of H-pyrrole nitrogens is 2. The third-order valence-corrected chi connectivity index (χ3v) is 6.57. The average molecular weight is 519 g/mol. The molecule has 0 radical (unpaired) electrons. The Morgan fingerprint density at radius 3 is 2.84 bits per heavy atom. The van der Waals surface area contributed by atoms with E-state index in [0.717, 1.165) is 17.7 Å². The molecular weight excluding hydrogens is 499 g/mol. The minimum absolute atomic E-state index is 0.0351. The number of imidazole rings is 1. The molecule has 0 fully saturated rings. The van der Waals surface area contributed by atoms with E-state index in [1.165, 1.54) is 24.4 Å². The van der Waals surface area contributed by atoms with Crippen molar-refractivity contribution in [1.29, 1.82) is 0 Å². The van der Waals surface area contributed by atoms with Gasteiger partial charge in [0.05, 0.1) is 24.1 Å². The summed E-state index contributed by atoms with van der Waals surface area (Å²) in [6.07, 6.45) is 3.52. The Bertz CT molecular complexity index is 1690. The summed E-state index contributed by atoms with van der Waals surface area (Å²) in [5.74, 6) is -3.17. The van der Waals surface area contributed by atoms with Gasteiger partial charge in [0.2, 0.25) is 0 Å². The van der Waals surface area contributed by atoms with Gasteiger partial charge in [-0.25, -0.2) is 18.2 Å². The Labute approximate surface area is 213 Å². The van der Waals surface area contributed by atoms with Crippen molar-refractivity contribution in [3.8, 4) is 28.6 Å². The van der Waals surface area contributed by atoms with Crippen LogP contribution >= 0.6 is 0 Å². The largest absolute Gasteiger partial charge is 0.492 e. The minimum Gasteiger partial charge on any atom is -0.492 e. The number of carboxylic acids is 1. The van der Waals surface area contributed by atoms with Crippen molar-refractivity contribution in [2.75, 3.05) is 6.61 Å². The molecule has 5 aromatic rings. The van der Waals surface area contributed by atoms with E-state index in [2.05, 4.69) is 15.0 Å². The van der Waals surface area contributed by atoms with Crippen LogP contribution < -0.4 is 9.47 Å². The van der Waals surface area contributed by atoms with Gasteiger partial charge in [-0.1, -0.05) is 18.2 Å². The summed E-state index contributed by atoms with van der Waals surface area (Å²) in [5, 5.41) is 9.32. The van der Waals surface area contributed by atoms with E-state index < -0.39 is 29.2 Å². The van der Waals surface area contributed by atoms with E-state index in [1.807, 2.05) is 6.07 Å². The molecule has 192 valence electrons. The molecule has 1 atom stereocenters. The summed E-state index contributed by atoms with van der Waals surface area (Å²) in [6.45, 7) is 0.289. The molecule has 1 aliphatic heterocycles. The second-order valence-corrected chi connectivity index (χ2v) is 9.06.